The van der Waals surface area contributed by atoms with Gasteiger partial charge in [-0.05, 0) is 0 Å². The average Bonchev–Trinajstić information content (AvgIpc) is 1.67. The van der Waals surface area contributed by atoms with Crippen LogP contribution in [0, 0.1) is 5.92 Å². The fraction of sp³-hybridized carbons (Fsp3) is 0.800. The number of hydrogen-bond acceptors (Lipinski definition) is 2. The molecule has 0 saturated carbocycles. The lowest BCUT2D eigenvalue weighted by Gasteiger charge is -1.91. The summed E-state index contributed by atoms with van der Waals surface area (Å²) in [6, 6.07) is 0. The van der Waals surface area contributed by atoms with Crippen molar-refractivity contribution in [2.45, 2.75) is 13.8 Å². The molecule has 0 atom stereocenters. The summed E-state index contributed by atoms with van der Waals surface area (Å²) < 4.78 is 0. The van der Waals surface area contributed by atoms with E-state index in [2.05, 4.69) is 10.2 Å². The van der Waals surface area contributed by atoms with Crippen LogP contribution in [0.2, 0.25) is 0 Å². The van der Waals surface area contributed by atoms with Crippen LogP contribution in [0.15, 0.2) is 10.2 Å². The monoisotopic (exact) mass is 114 g/mol. The first-order valence-corrected chi connectivity index (χ1v) is 2.52. The van der Waals surface area contributed by atoms with Gasteiger partial charge in [0.1, 0.15) is 0 Å². The highest BCUT2D eigenvalue weighted by atomic mass is 16.1. The van der Waals surface area contributed by atoms with Gasteiger partial charge in [-0.1, -0.05) is 13.8 Å². The van der Waals surface area contributed by atoms with E-state index < -0.39 is 0 Å². The normalized spacial score (nSPS) is 11.0. The molecule has 0 aromatic rings. The maximum atomic E-state index is 10.5. The quantitative estimate of drug-likeness (QED) is 0.473. The van der Waals surface area contributed by atoms with Crippen LogP contribution < -0.4 is 0 Å². The molecule has 0 bridgehead atoms. The standard InChI is InChI=1S/C5H10N2O/c1-4(2)5(8)7-6-3/h4H,1-3H3. The van der Waals surface area contributed by atoms with Crippen molar-refractivity contribution in [3.05, 3.63) is 0 Å². The van der Waals surface area contributed by atoms with Crippen LogP contribution in [-0.4, -0.2) is 13.0 Å². The number of azo groups is 1. The zero-order valence-corrected chi connectivity index (χ0v) is 5.38. The van der Waals surface area contributed by atoms with Gasteiger partial charge in [0.15, 0.2) is 0 Å². The van der Waals surface area contributed by atoms with Crippen molar-refractivity contribution < 1.29 is 4.79 Å². The summed E-state index contributed by atoms with van der Waals surface area (Å²) in [4.78, 5) is 10.5. The molecule has 0 aromatic carbocycles. The van der Waals surface area contributed by atoms with E-state index in [0.717, 1.165) is 0 Å². The number of rotatable bonds is 1. The fourth-order valence-corrected chi connectivity index (χ4v) is 0.214. The van der Waals surface area contributed by atoms with Crippen molar-refractivity contribution in [1.82, 2.24) is 0 Å². The van der Waals surface area contributed by atoms with Gasteiger partial charge in [0, 0.05) is 13.0 Å². The van der Waals surface area contributed by atoms with Crippen LogP contribution in [0.3, 0.4) is 0 Å². The molecule has 0 fully saturated rings. The first-order chi connectivity index (χ1) is 3.68. The molecule has 0 saturated heterocycles. The van der Waals surface area contributed by atoms with E-state index >= 15 is 0 Å². The van der Waals surface area contributed by atoms with Crippen LogP contribution in [0.4, 0.5) is 0 Å². The number of carbonyl (C=O) groups is 1. The van der Waals surface area contributed by atoms with E-state index in [1.165, 1.54) is 7.05 Å². The summed E-state index contributed by atoms with van der Waals surface area (Å²) in [5.41, 5.74) is 0. The highest BCUT2D eigenvalue weighted by Gasteiger charge is 2.02. The van der Waals surface area contributed by atoms with E-state index in [9.17, 15) is 4.79 Å². The second kappa shape index (κ2) is 3.29. The number of nitrogens with zero attached hydrogens (tertiary/aromatic N) is 2. The third-order valence-electron chi connectivity index (χ3n) is 0.692. The zero-order valence-electron chi connectivity index (χ0n) is 5.38. The van der Waals surface area contributed by atoms with Crippen LogP contribution >= 0.6 is 0 Å². The number of hydrogen-bond donors (Lipinski definition) is 0. The fourth-order valence-electron chi connectivity index (χ4n) is 0.214. The first-order valence-electron chi connectivity index (χ1n) is 2.52. The summed E-state index contributed by atoms with van der Waals surface area (Å²) in [6.45, 7) is 3.58. The van der Waals surface area contributed by atoms with E-state index in [-0.39, 0.29) is 11.8 Å². The van der Waals surface area contributed by atoms with Crippen LogP contribution in [0.25, 0.3) is 0 Å². The Kier molecular flexibility index (Phi) is 2.99. The smallest absolute Gasteiger partial charge is 0.266 e. The molecule has 0 spiro atoms. The minimum atomic E-state index is -0.160. The maximum Gasteiger partial charge on any atom is 0.266 e. The predicted molar refractivity (Wildman–Crippen MR) is 30.6 cm³/mol. The van der Waals surface area contributed by atoms with E-state index in [1.807, 2.05) is 0 Å². The molecule has 3 nitrogen and oxygen atoms in total. The Labute approximate surface area is 48.8 Å². The average molecular weight is 114 g/mol. The predicted octanol–water partition coefficient (Wildman–Crippen LogP) is 1.25. The lowest BCUT2D eigenvalue weighted by Crippen LogP contribution is -2.01. The van der Waals surface area contributed by atoms with E-state index in [1.54, 1.807) is 13.8 Å². The van der Waals surface area contributed by atoms with Gasteiger partial charge >= 0.3 is 0 Å². The summed E-state index contributed by atoms with van der Waals surface area (Å²) in [7, 11) is 1.49. The molecule has 0 aromatic heterocycles. The Morgan fingerprint density at radius 2 is 2.00 bits per heavy atom. The third-order valence-corrected chi connectivity index (χ3v) is 0.692. The second-order valence-electron chi connectivity index (χ2n) is 1.79. The molecule has 1 amide bonds. The molecule has 0 rings (SSSR count). The summed E-state index contributed by atoms with van der Waals surface area (Å²) >= 11 is 0. The van der Waals surface area contributed by atoms with Crippen molar-refractivity contribution >= 4 is 5.91 Å². The molecule has 46 valence electrons. The summed E-state index contributed by atoms with van der Waals surface area (Å²) in [5, 5.41) is 6.64. The molecule has 0 heterocycles. The van der Waals surface area contributed by atoms with Gasteiger partial charge in [0.2, 0.25) is 0 Å². The summed E-state index contributed by atoms with van der Waals surface area (Å²) in [5.74, 6) is -0.189. The Bertz CT molecular complexity index is 107. The molecule has 0 aliphatic rings. The molecule has 0 unspecified atom stereocenters. The number of amides is 1. The van der Waals surface area contributed by atoms with Gasteiger partial charge in [-0.25, -0.2) is 0 Å². The third kappa shape index (κ3) is 2.44. The van der Waals surface area contributed by atoms with Gasteiger partial charge in [-0.3, -0.25) is 4.79 Å². The molecule has 3 heteroatoms. The van der Waals surface area contributed by atoms with Gasteiger partial charge in [-0.2, -0.15) is 5.11 Å². The first kappa shape index (κ1) is 7.27. The van der Waals surface area contributed by atoms with Crippen LogP contribution in [-0.2, 0) is 4.79 Å². The zero-order chi connectivity index (χ0) is 6.57. The van der Waals surface area contributed by atoms with Crippen molar-refractivity contribution in [2.24, 2.45) is 16.1 Å². The van der Waals surface area contributed by atoms with Crippen molar-refractivity contribution in [3.8, 4) is 0 Å². The van der Waals surface area contributed by atoms with Crippen molar-refractivity contribution in [3.63, 3.8) is 0 Å². The Hall–Kier alpha value is -0.730. The Morgan fingerprint density at radius 1 is 1.50 bits per heavy atom. The van der Waals surface area contributed by atoms with Crippen LogP contribution in [0.5, 0.6) is 0 Å². The highest BCUT2D eigenvalue weighted by Crippen LogP contribution is 1.93. The minimum absolute atomic E-state index is 0.0290. The van der Waals surface area contributed by atoms with Gasteiger partial charge in [0.05, 0.1) is 0 Å². The molecule has 0 N–H and O–H groups in total. The molecular formula is C5H10N2O. The van der Waals surface area contributed by atoms with E-state index in [0.29, 0.717) is 0 Å². The van der Waals surface area contributed by atoms with Gasteiger partial charge in [0.25, 0.3) is 5.91 Å². The number of carbonyl (C=O) groups excluding carboxylic acids is 1. The Balaban J connectivity index is 3.66. The topological polar surface area (TPSA) is 41.8 Å². The minimum Gasteiger partial charge on any atom is -0.271 e. The largest absolute Gasteiger partial charge is 0.271 e. The van der Waals surface area contributed by atoms with Crippen LogP contribution in [0.1, 0.15) is 13.8 Å². The Morgan fingerprint density at radius 3 is 2.12 bits per heavy atom. The highest BCUT2D eigenvalue weighted by molar-refractivity contribution is 5.78. The van der Waals surface area contributed by atoms with Gasteiger partial charge in [-0.15, -0.1) is 5.11 Å². The maximum absolute atomic E-state index is 10.5. The molecular weight excluding hydrogens is 104 g/mol. The van der Waals surface area contributed by atoms with Crippen molar-refractivity contribution in [1.29, 1.82) is 0 Å². The van der Waals surface area contributed by atoms with E-state index in [4.69, 9.17) is 0 Å². The SMILES string of the molecule is CN=NC(=O)C(C)C. The second-order valence-corrected chi connectivity index (χ2v) is 1.79. The molecule has 0 radical (unpaired) electrons. The van der Waals surface area contributed by atoms with Crippen molar-refractivity contribution in [2.75, 3.05) is 7.05 Å². The molecule has 0 aliphatic carbocycles. The summed E-state index contributed by atoms with van der Waals surface area (Å²) in [6.07, 6.45) is 0. The van der Waals surface area contributed by atoms with Gasteiger partial charge < -0.3 is 0 Å². The molecule has 8 heavy (non-hydrogen) atoms. The lowest BCUT2D eigenvalue weighted by atomic mass is 10.2. The lowest BCUT2D eigenvalue weighted by molar-refractivity contribution is -0.121. The molecule has 0 aliphatic heterocycles.